The molecule has 0 aliphatic rings. The summed E-state index contributed by atoms with van der Waals surface area (Å²) >= 11 is 0. The third-order valence-corrected chi connectivity index (χ3v) is 3.89. The van der Waals surface area contributed by atoms with Gasteiger partial charge in [0.2, 0.25) is 0 Å². The molecule has 0 aliphatic carbocycles. The molecular formula is C17H15F2N5. The number of pyridine rings is 1. The number of aromatic amines is 1. The number of rotatable bonds is 5. The summed E-state index contributed by atoms with van der Waals surface area (Å²) in [7, 11) is 0. The highest BCUT2D eigenvalue weighted by Crippen LogP contribution is 2.24. The van der Waals surface area contributed by atoms with Gasteiger partial charge in [0.1, 0.15) is 6.54 Å². The summed E-state index contributed by atoms with van der Waals surface area (Å²) in [5.74, 6) is 0.600. The standard InChI is InChI=1S/C17H15F2N5/c18-16(19)10-24-15-4-2-1-3-13(15)17(23-24)21-9-12-7-11-8-20-6-5-14(11)22-12/h1-8,16,22H,9-10H2,(H,21,23). The van der Waals surface area contributed by atoms with Gasteiger partial charge in [0.15, 0.2) is 5.82 Å². The Morgan fingerprint density at radius 2 is 2.08 bits per heavy atom. The van der Waals surface area contributed by atoms with Crippen LogP contribution in [-0.4, -0.2) is 26.2 Å². The lowest BCUT2D eigenvalue weighted by molar-refractivity contribution is 0.123. The number of alkyl halides is 2. The monoisotopic (exact) mass is 327 g/mol. The first-order valence-corrected chi connectivity index (χ1v) is 7.60. The minimum absolute atomic E-state index is 0.416. The Bertz CT molecular complexity index is 956. The molecule has 0 unspecified atom stereocenters. The van der Waals surface area contributed by atoms with Crippen molar-refractivity contribution in [2.75, 3.05) is 5.32 Å². The van der Waals surface area contributed by atoms with Crippen molar-refractivity contribution in [1.82, 2.24) is 19.7 Å². The molecule has 2 N–H and O–H groups in total. The van der Waals surface area contributed by atoms with Crippen LogP contribution in [0, 0.1) is 0 Å². The van der Waals surface area contributed by atoms with Gasteiger partial charge in [-0.25, -0.2) is 8.78 Å². The van der Waals surface area contributed by atoms with E-state index in [1.54, 1.807) is 18.5 Å². The predicted octanol–water partition coefficient (Wildman–Crippen LogP) is 3.79. The number of fused-ring (bicyclic) bond motifs is 2. The molecule has 7 heteroatoms. The second-order valence-corrected chi connectivity index (χ2v) is 5.55. The smallest absolute Gasteiger partial charge is 0.257 e. The fraction of sp³-hybridized carbons (Fsp3) is 0.176. The number of nitrogens with zero attached hydrogens (tertiary/aromatic N) is 3. The van der Waals surface area contributed by atoms with Crippen LogP contribution in [0.25, 0.3) is 21.8 Å². The second kappa shape index (κ2) is 5.92. The number of aromatic nitrogens is 4. The molecule has 0 aliphatic heterocycles. The Kier molecular flexibility index (Phi) is 3.60. The number of para-hydroxylation sites is 1. The Balaban J connectivity index is 1.62. The van der Waals surface area contributed by atoms with Crippen LogP contribution in [0.5, 0.6) is 0 Å². The van der Waals surface area contributed by atoms with Crippen molar-refractivity contribution in [3.8, 4) is 0 Å². The van der Waals surface area contributed by atoms with E-state index in [1.807, 2.05) is 30.3 Å². The third-order valence-electron chi connectivity index (χ3n) is 3.89. The Hall–Kier alpha value is -2.96. The van der Waals surface area contributed by atoms with Crippen molar-refractivity contribution in [1.29, 1.82) is 0 Å². The van der Waals surface area contributed by atoms with Crippen molar-refractivity contribution in [3.05, 3.63) is 54.5 Å². The molecule has 0 fully saturated rings. The zero-order valence-corrected chi connectivity index (χ0v) is 12.7. The normalized spacial score (nSPS) is 11.6. The molecule has 0 spiro atoms. The lowest BCUT2D eigenvalue weighted by Crippen LogP contribution is -2.08. The van der Waals surface area contributed by atoms with Crippen molar-refractivity contribution in [2.45, 2.75) is 19.5 Å². The second-order valence-electron chi connectivity index (χ2n) is 5.55. The summed E-state index contributed by atoms with van der Waals surface area (Å²) < 4.78 is 26.8. The minimum atomic E-state index is -2.44. The van der Waals surface area contributed by atoms with Crippen molar-refractivity contribution in [3.63, 3.8) is 0 Å². The van der Waals surface area contributed by atoms with Crippen LogP contribution in [0.1, 0.15) is 5.69 Å². The highest BCUT2D eigenvalue weighted by atomic mass is 19.3. The maximum absolute atomic E-state index is 12.7. The van der Waals surface area contributed by atoms with Crippen LogP contribution in [0.4, 0.5) is 14.6 Å². The lowest BCUT2D eigenvalue weighted by Gasteiger charge is -2.02. The van der Waals surface area contributed by atoms with Crippen LogP contribution in [0.15, 0.2) is 48.8 Å². The van der Waals surface area contributed by atoms with E-state index in [9.17, 15) is 8.78 Å². The molecule has 4 aromatic rings. The summed E-state index contributed by atoms with van der Waals surface area (Å²) in [5, 5.41) is 9.39. The SMILES string of the molecule is FC(F)Cn1nc(NCc2cc3cnccc3[nH]2)c2ccccc21. The molecular weight excluding hydrogens is 312 g/mol. The topological polar surface area (TPSA) is 58.5 Å². The summed E-state index contributed by atoms with van der Waals surface area (Å²) in [6.45, 7) is 0.102. The zero-order valence-electron chi connectivity index (χ0n) is 12.7. The average molecular weight is 327 g/mol. The van der Waals surface area contributed by atoms with E-state index < -0.39 is 13.0 Å². The molecule has 0 amide bonds. The number of hydrogen-bond donors (Lipinski definition) is 2. The molecule has 0 saturated heterocycles. The summed E-state index contributed by atoms with van der Waals surface area (Å²) in [6, 6.07) is 11.3. The first-order chi connectivity index (χ1) is 11.7. The van der Waals surface area contributed by atoms with Gasteiger partial charge in [0, 0.05) is 34.4 Å². The number of benzene rings is 1. The van der Waals surface area contributed by atoms with Gasteiger partial charge >= 0.3 is 0 Å². The van der Waals surface area contributed by atoms with Gasteiger partial charge in [0.05, 0.1) is 12.1 Å². The van der Waals surface area contributed by atoms with Crippen molar-refractivity contribution < 1.29 is 8.78 Å². The quantitative estimate of drug-likeness (QED) is 0.586. The number of hydrogen-bond acceptors (Lipinski definition) is 3. The molecule has 5 nitrogen and oxygen atoms in total. The van der Waals surface area contributed by atoms with Crippen molar-refractivity contribution in [2.24, 2.45) is 0 Å². The fourth-order valence-corrected chi connectivity index (χ4v) is 2.83. The highest BCUT2D eigenvalue weighted by Gasteiger charge is 2.13. The summed E-state index contributed by atoms with van der Waals surface area (Å²) in [4.78, 5) is 7.39. The molecule has 122 valence electrons. The number of nitrogens with one attached hydrogen (secondary N) is 2. The minimum Gasteiger partial charge on any atom is -0.363 e. The molecule has 24 heavy (non-hydrogen) atoms. The van der Waals surface area contributed by atoms with E-state index in [0.29, 0.717) is 17.9 Å². The molecule has 0 bridgehead atoms. The van der Waals surface area contributed by atoms with E-state index in [2.05, 4.69) is 20.4 Å². The van der Waals surface area contributed by atoms with Crippen LogP contribution in [0.2, 0.25) is 0 Å². The maximum Gasteiger partial charge on any atom is 0.257 e. The summed E-state index contributed by atoms with van der Waals surface area (Å²) in [5.41, 5.74) is 2.68. The molecule has 0 atom stereocenters. The third kappa shape index (κ3) is 2.68. The molecule has 0 saturated carbocycles. The lowest BCUT2D eigenvalue weighted by atomic mass is 10.2. The largest absolute Gasteiger partial charge is 0.363 e. The van der Waals surface area contributed by atoms with Crippen LogP contribution >= 0.6 is 0 Å². The Labute approximate surface area is 136 Å². The Morgan fingerprint density at radius 1 is 1.21 bits per heavy atom. The van der Waals surface area contributed by atoms with Crippen molar-refractivity contribution >= 4 is 27.6 Å². The zero-order chi connectivity index (χ0) is 16.5. The molecule has 3 heterocycles. The van der Waals surface area contributed by atoms with Gasteiger partial charge in [-0.3, -0.25) is 9.67 Å². The van der Waals surface area contributed by atoms with Gasteiger partial charge < -0.3 is 10.3 Å². The van der Waals surface area contributed by atoms with E-state index in [0.717, 1.165) is 22.0 Å². The predicted molar refractivity (Wildman–Crippen MR) is 89.2 cm³/mol. The number of H-pyrrole nitrogens is 1. The van der Waals surface area contributed by atoms with Crippen LogP contribution in [0.3, 0.4) is 0 Å². The van der Waals surface area contributed by atoms with Gasteiger partial charge in [-0.2, -0.15) is 5.10 Å². The van der Waals surface area contributed by atoms with Gasteiger partial charge in [0.25, 0.3) is 6.43 Å². The maximum atomic E-state index is 12.7. The first kappa shape index (κ1) is 14.6. The van der Waals surface area contributed by atoms with Crippen LogP contribution < -0.4 is 5.32 Å². The first-order valence-electron chi connectivity index (χ1n) is 7.60. The summed E-state index contributed by atoms with van der Waals surface area (Å²) in [6.07, 6.45) is 1.08. The van der Waals surface area contributed by atoms with Gasteiger partial charge in [-0.1, -0.05) is 12.1 Å². The Morgan fingerprint density at radius 3 is 2.92 bits per heavy atom. The van der Waals surface area contributed by atoms with Gasteiger partial charge in [-0.15, -0.1) is 0 Å². The van der Waals surface area contributed by atoms with E-state index in [-0.39, 0.29) is 0 Å². The van der Waals surface area contributed by atoms with Crippen LogP contribution in [-0.2, 0) is 13.1 Å². The molecule has 4 rings (SSSR count). The molecule has 1 aromatic carbocycles. The van der Waals surface area contributed by atoms with E-state index >= 15 is 0 Å². The van der Waals surface area contributed by atoms with Gasteiger partial charge in [-0.05, 0) is 24.3 Å². The number of halogens is 2. The molecule has 3 aromatic heterocycles. The number of anilines is 1. The fourth-order valence-electron chi connectivity index (χ4n) is 2.83. The van der Waals surface area contributed by atoms with E-state index in [4.69, 9.17) is 0 Å². The van der Waals surface area contributed by atoms with E-state index in [1.165, 1.54) is 4.68 Å². The highest BCUT2D eigenvalue weighted by molar-refractivity contribution is 5.90. The molecule has 0 radical (unpaired) electrons. The average Bonchev–Trinajstić information content (AvgIpc) is 3.14.